The molecule has 2 aromatic rings. The van der Waals surface area contributed by atoms with Crippen molar-refractivity contribution in [3.8, 4) is 0 Å². The number of hydrogen-bond donors (Lipinski definition) is 1. The van der Waals surface area contributed by atoms with Gasteiger partial charge in [0, 0.05) is 12.4 Å². The number of carbonyl (C=O) groups excluding carboxylic acids is 1. The Morgan fingerprint density at radius 3 is 2.57 bits per heavy atom. The number of nitrogens with one attached hydrogen (secondary N) is 1. The second kappa shape index (κ2) is 7.85. The van der Waals surface area contributed by atoms with Gasteiger partial charge in [-0.25, -0.2) is 13.1 Å². The summed E-state index contributed by atoms with van der Waals surface area (Å²) in [5.41, 5.74) is 0.688. The lowest BCUT2D eigenvalue weighted by Gasteiger charge is -2.18. The second-order valence-electron chi connectivity index (χ2n) is 4.78. The largest absolute Gasteiger partial charge is 0.466 e. The number of pyridine rings is 1. The summed E-state index contributed by atoms with van der Waals surface area (Å²) < 4.78 is 32.4. The second-order valence-corrected chi connectivity index (χ2v) is 6.50. The van der Waals surface area contributed by atoms with Gasteiger partial charge in [-0.15, -0.1) is 0 Å². The van der Waals surface area contributed by atoms with Crippen LogP contribution in [0.3, 0.4) is 0 Å². The number of aromatic nitrogens is 1. The van der Waals surface area contributed by atoms with Crippen molar-refractivity contribution >= 4 is 16.0 Å². The van der Waals surface area contributed by atoms with Gasteiger partial charge >= 0.3 is 5.97 Å². The van der Waals surface area contributed by atoms with Crippen molar-refractivity contribution in [2.24, 2.45) is 0 Å². The van der Waals surface area contributed by atoms with Gasteiger partial charge in [-0.1, -0.05) is 30.3 Å². The van der Waals surface area contributed by atoms with Crippen LogP contribution in [0.2, 0.25) is 0 Å². The van der Waals surface area contributed by atoms with E-state index in [4.69, 9.17) is 4.74 Å². The maximum absolute atomic E-state index is 12.5. The Morgan fingerprint density at radius 1 is 1.22 bits per heavy atom. The third-order valence-electron chi connectivity index (χ3n) is 3.12. The predicted octanol–water partition coefficient (Wildman–Crippen LogP) is 2.05. The summed E-state index contributed by atoms with van der Waals surface area (Å²) in [4.78, 5) is 15.6. The molecule has 0 spiro atoms. The van der Waals surface area contributed by atoms with Crippen molar-refractivity contribution in [1.29, 1.82) is 0 Å². The molecule has 1 heterocycles. The Morgan fingerprint density at radius 2 is 1.96 bits per heavy atom. The highest BCUT2D eigenvalue weighted by atomic mass is 32.2. The van der Waals surface area contributed by atoms with E-state index in [9.17, 15) is 13.2 Å². The number of ether oxygens (including phenoxy) is 1. The van der Waals surface area contributed by atoms with Crippen molar-refractivity contribution in [2.45, 2.75) is 24.3 Å². The zero-order chi connectivity index (χ0) is 16.7. The number of nitrogens with zero attached hydrogens (tertiary/aromatic N) is 1. The lowest BCUT2D eigenvalue weighted by Crippen LogP contribution is -2.30. The van der Waals surface area contributed by atoms with Crippen LogP contribution >= 0.6 is 0 Å². The minimum absolute atomic E-state index is 0.0461. The molecule has 1 aromatic carbocycles. The molecule has 1 aromatic heterocycles. The number of benzene rings is 1. The number of rotatable bonds is 7. The molecule has 0 radical (unpaired) electrons. The summed E-state index contributed by atoms with van der Waals surface area (Å²) >= 11 is 0. The first kappa shape index (κ1) is 17.1. The molecule has 0 fully saturated rings. The molecule has 122 valence electrons. The first-order valence-corrected chi connectivity index (χ1v) is 8.64. The molecule has 7 heteroatoms. The zero-order valence-electron chi connectivity index (χ0n) is 12.7. The molecule has 0 aliphatic heterocycles. The van der Waals surface area contributed by atoms with Crippen LogP contribution in [0.25, 0.3) is 0 Å². The van der Waals surface area contributed by atoms with E-state index in [1.165, 1.54) is 24.5 Å². The van der Waals surface area contributed by atoms with Crippen molar-refractivity contribution in [3.63, 3.8) is 0 Å². The molecular formula is C16H18N2O4S. The van der Waals surface area contributed by atoms with E-state index in [0.29, 0.717) is 5.56 Å². The lowest BCUT2D eigenvalue weighted by molar-refractivity contribution is -0.143. The van der Waals surface area contributed by atoms with Crippen LogP contribution in [0.1, 0.15) is 24.9 Å². The monoisotopic (exact) mass is 334 g/mol. The van der Waals surface area contributed by atoms with Crippen molar-refractivity contribution in [2.75, 3.05) is 6.61 Å². The summed E-state index contributed by atoms with van der Waals surface area (Å²) in [6.45, 7) is 1.95. The van der Waals surface area contributed by atoms with Gasteiger partial charge in [0.2, 0.25) is 10.0 Å². The molecule has 0 saturated heterocycles. The SMILES string of the molecule is CCOC(=O)CC(NS(=O)(=O)c1cccnc1)c1ccccc1. The molecule has 1 unspecified atom stereocenters. The Balaban J connectivity index is 2.26. The highest BCUT2D eigenvalue weighted by Crippen LogP contribution is 2.20. The van der Waals surface area contributed by atoms with Crippen LogP contribution < -0.4 is 4.72 Å². The van der Waals surface area contributed by atoms with Crippen LogP contribution in [-0.4, -0.2) is 26.0 Å². The van der Waals surface area contributed by atoms with Crippen LogP contribution in [-0.2, 0) is 19.6 Å². The van der Waals surface area contributed by atoms with Crippen molar-refractivity contribution in [3.05, 3.63) is 60.4 Å². The average molecular weight is 334 g/mol. The van der Waals surface area contributed by atoms with Gasteiger partial charge in [0.15, 0.2) is 0 Å². The van der Waals surface area contributed by atoms with Crippen molar-refractivity contribution < 1.29 is 17.9 Å². The zero-order valence-corrected chi connectivity index (χ0v) is 13.5. The van der Waals surface area contributed by atoms with Crippen LogP contribution in [0.5, 0.6) is 0 Å². The highest BCUT2D eigenvalue weighted by Gasteiger charge is 2.24. The topological polar surface area (TPSA) is 85.4 Å². The van der Waals surface area contributed by atoms with E-state index in [-0.39, 0.29) is 17.9 Å². The van der Waals surface area contributed by atoms with Gasteiger partial charge in [0.1, 0.15) is 4.90 Å². The minimum Gasteiger partial charge on any atom is -0.466 e. The minimum atomic E-state index is -3.79. The first-order valence-electron chi connectivity index (χ1n) is 7.16. The summed E-state index contributed by atoms with van der Waals surface area (Å²) in [5.74, 6) is -0.463. The number of carbonyl (C=O) groups is 1. The van der Waals surface area contributed by atoms with Gasteiger partial charge in [-0.3, -0.25) is 9.78 Å². The maximum Gasteiger partial charge on any atom is 0.307 e. The molecule has 0 amide bonds. The molecule has 2 rings (SSSR count). The van der Waals surface area contributed by atoms with E-state index in [2.05, 4.69) is 9.71 Å². The Bertz CT molecular complexity index is 733. The Labute approximate surface area is 135 Å². The fourth-order valence-corrected chi connectivity index (χ4v) is 3.25. The normalized spacial score (nSPS) is 12.6. The van der Waals surface area contributed by atoms with E-state index in [1.54, 1.807) is 31.2 Å². The van der Waals surface area contributed by atoms with Gasteiger partial charge in [-0.2, -0.15) is 0 Å². The van der Waals surface area contributed by atoms with E-state index >= 15 is 0 Å². The van der Waals surface area contributed by atoms with Crippen LogP contribution in [0.4, 0.5) is 0 Å². The first-order chi connectivity index (χ1) is 11.0. The number of esters is 1. The lowest BCUT2D eigenvalue weighted by atomic mass is 10.1. The van der Waals surface area contributed by atoms with Gasteiger partial charge < -0.3 is 4.74 Å². The molecule has 0 saturated carbocycles. The molecule has 1 atom stereocenters. The molecule has 23 heavy (non-hydrogen) atoms. The van der Waals surface area contributed by atoms with E-state index < -0.39 is 22.0 Å². The number of sulfonamides is 1. The quantitative estimate of drug-likeness (QED) is 0.783. The molecule has 0 aliphatic rings. The van der Waals surface area contributed by atoms with Crippen LogP contribution in [0, 0.1) is 0 Å². The molecule has 6 nitrogen and oxygen atoms in total. The summed E-state index contributed by atoms with van der Waals surface area (Å²) in [6, 6.07) is 11.2. The summed E-state index contributed by atoms with van der Waals surface area (Å²) in [5, 5.41) is 0. The van der Waals surface area contributed by atoms with E-state index in [1.807, 2.05) is 6.07 Å². The fourth-order valence-electron chi connectivity index (χ4n) is 2.06. The molecule has 0 aliphatic carbocycles. The molecule has 0 bridgehead atoms. The third kappa shape index (κ3) is 4.87. The van der Waals surface area contributed by atoms with Crippen molar-refractivity contribution in [1.82, 2.24) is 9.71 Å². The number of hydrogen-bond acceptors (Lipinski definition) is 5. The van der Waals surface area contributed by atoms with Crippen LogP contribution in [0.15, 0.2) is 59.8 Å². The predicted molar refractivity (Wildman–Crippen MR) is 85.0 cm³/mol. The summed E-state index contributed by atoms with van der Waals surface area (Å²) in [7, 11) is -3.79. The average Bonchev–Trinajstić information content (AvgIpc) is 2.56. The molecule has 1 N–H and O–H groups in total. The van der Waals surface area contributed by atoms with Gasteiger partial charge in [0.25, 0.3) is 0 Å². The maximum atomic E-state index is 12.5. The summed E-state index contributed by atoms with van der Waals surface area (Å²) in [6.07, 6.45) is 2.67. The Hall–Kier alpha value is -2.25. The highest BCUT2D eigenvalue weighted by molar-refractivity contribution is 7.89. The Kier molecular flexibility index (Phi) is 5.84. The molecular weight excluding hydrogens is 316 g/mol. The standard InChI is InChI=1S/C16H18N2O4S/c1-2-22-16(19)11-15(13-7-4-3-5-8-13)18-23(20,21)14-9-6-10-17-12-14/h3-10,12,15,18H,2,11H2,1H3. The van der Waals surface area contributed by atoms with Gasteiger partial charge in [0.05, 0.1) is 19.1 Å². The van der Waals surface area contributed by atoms with E-state index in [0.717, 1.165) is 0 Å². The third-order valence-corrected chi connectivity index (χ3v) is 4.58. The fraction of sp³-hybridized carbons (Fsp3) is 0.250. The van der Waals surface area contributed by atoms with Gasteiger partial charge in [-0.05, 0) is 24.6 Å². The smallest absolute Gasteiger partial charge is 0.307 e.